The molecule has 0 spiro atoms. The normalized spacial score (nSPS) is 12.2. The molecule has 0 bridgehead atoms. The molecule has 1 N–H and O–H groups in total. The number of carbonyl (C=O) groups is 2. The number of halogens is 4. The quantitative estimate of drug-likeness (QED) is 0.225. The minimum Gasteiger partial charge on any atom is -0.354 e. The average molecular weight is 659 g/mol. The summed E-state index contributed by atoms with van der Waals surface area (Å²) >= 11 is 24.5. The molecule has 0 aliphatic rings. The third-order valence-electron chi connectivity index (χ3n) is 6.18. The Morgan fingerprint density at radius 1 is 0.878 bits per heavy atom. The summed E-state index contributed by atoms with van der Waals surface area (Å²) in [6.45, 7) is 5.53. The van der Waals surface area contributed by atoms with E-state index in [4.69, 9.17) is 46.4 Å². The fraction of sp³-hybridized carbons (Fsp3) is 0.310. The van der Waals surface area contributed by atoms with E-state index in [2.05, 4.69) is 5.32 Å². The molecule has 0 heterocycles. The fourth-order valence-electron chi connectivity index (χ4n) is 4.07. The van der Waals surface area contributed by atoms with Gasteiger partial charge in [-0.2, -0.15) is 0 Å². The van der Waals surface area contributed by atoms with Gasteiger partial charge in [-0.15, -0.1) is 0 Å². The molecule has 0 aliphatic carbocycles. The maximum Gasteiger partial charge on any atom is 0.264 e. The lowest BCUT2D eigenvalue weighted by Crippen LogP contribution is -2.52. The van der Waals surface area contributed by atoms with Crippen molar-refractivity contribution in [2.75, 3.05) is 17.4 Å². The predicted octanol–water partition coefficient (Wildman–Crippen LogP) is 7.08. The number of anilines is 1. The van der Waals surface area contributed by atoms with Crippen LogP contribution in [0.25, 0.3) is 0 Å². The molecule has 0 radical (unpaired) electrons. The number of nitrogens with one attached hydrogen (secondary N) is 1. The summed E-state index contributed by atoms with van der Waals surface area (Å²) in [4.78, 5) is 28.6. The highest BCUT2D eigenvalue weighted by molar-refractivity contribution is 7.92. The van der Waals surface area contributed by atoms with Gasteiger partial charge >= 0.3 is 0 Å². The molecular weight excluding hydrogens is 628 g/mol. The molecule has 7 nitrogen and oxygen atoms in total. The van der Waals surface area contributed by atoms with Crippen LogP contribution in [-0.4, -0.2) is 44.3 Å². The molecule has 0 aromatic heterocycles. The first-order valence-corrected chi connectivity index (χ1v) is 15.8. The van der Waals surface area contributed by atoms with E-state index >= 15 is 0 Å². The van der Waals surface area contributed by atoms with Crippen LogP contribution in [0, 0.1) is 5.92 Å². The van der Waals surface area contributed by atoms with Crippen molar-refractivity contribution in [3.63, 3.8) is 0 Å². The van der Waals surface area contributed by atoms with Crippen molar-refractivity contribution >= 4 is 73.9 Å². The first-order chi connectivity index (χ1) is 19.3. The zero-order chi connectivity index (χ0) is 30.3. The Kier molecular flexibility index (Phi) is 11.8. The van der Waals surface area contributed by atoms with Gasteiger partial charge in [-0.1, -0.05) is 79.3 Å². The summed E-state index contributed by atoms with van der Waals surface area (Å²) in [7, 11) is -4.25. The molecule has 1 atom stereocenters. The Labute approximate surface area is 261 Å². The average Bonchev–Trinajstić information content (AvgIpc) is 2.92. The molecule has 41 heavy (non-hydrogen) atoms. The van der Waals surface area contributed by atoms with E-state index in [9.17, 15) is 18.0 Å². The monoisotopic (exact) mass is 657 g/mol. The van der Waals surface area contributed by atoms with E-state index < -0.39 is 28.5 Å². The summed E-state index contributed by atoms with van der Waals surface area (Å²) < 4.78 is 28.7. The van der Waals surface area contributed by atoms with Crippen molar-refractivity contribution in [3.05, 3.63) is 92.4 Å². The van der Waals surface area contributed by atoms with Crippen molar-refractivity contribution in [1.82, 2.24) is 10.2 Å². The molecule has 0 saturated carbocycles. The number of rotatable bonds is 12. The molecule has 2 amide bonds. The number of hydrogen-bond acceptors (Lipinski definition) is 4. The SMILES string of the molecule is CCC(C(=O)NCC(C)C)N(Cc1ccc(Cl)c(Cl)c1)C(=O)CN(c1cccc(Cl)c1)S(=O)(=O)c1ccc(Cl)cc1. The van der Waals surface area contributed by atoms with E-state index in [0.717, 1.165) is 4.31 Å². The first-order valence-electron chi connectivity index (χ1n) is 12.9. The highest BCUT2D eigenvalue weighted by Crippen LogP contribution is 2.28. The Morgan fingerprint density at radius 3 is 2.15 bits per heavy atom. The summed E-state index contributed by atoms with van der Waals surface area (Å²) in [6.07, 6.45) is 0.290. The van der Waals surface area contributed by atoms with Gasteiger partial charge in [-0.05, 0) is 72.5 Å². The second-order valence-corrected chi connectivity index (χ2v) is 13.3. The lowest BCUT2D eigenvalue weighted by Gasteiger charge is -2.33. The van der Waals surface area contributed by atoms with Gasteiger partial charge < -0.3 is 10.2 Å². The lowest BCUT2D eigenvalue weighted by molar-refractivity contribution is -0.140. The van der Waals surface area contributed by atoms with E-state index in [-0.39, 0.29) is 35.4 Å². The summed E-state index contributed by atoms with van der Waals surface area (Å²) in [5.41, 5.74) is 0.810. The Bertz CT molecular complexity index is 1480. The minimum absolute atomic E-state index is 0.00624. The van der Waals surface area contributed by atoms with Crippen LogP contribution in [0.2, 0.25) is 20.1 Å². The third-order valence-corrected chi connectivity index (χ3v) is 9.20. The van der Waals surface area contributed by atoms with Crippen LogP contribution < -0.4 is 9.62 Å². The van der Waals surface area contributed by atoms with Crippen molar-refractivity contribution in [2.24, 2.45) is 5.92 Å². The number of amides is 2. The molecule has 3 aromatic carbocycles. The van der Waals surface area contributed by atoms with Gasteiger partial charge in [-0.25, -0.2) is 8.42 Å². The number of nitrogens with zero attached hydrogens (tertiary/aromatic N) is 2. The standard InChI is InChI=1S/C29H31Cl4N3O4S/c1-4-27(29(38)34-16-19(2)3)35(17-20-8-13-25(32)26(33)14-20)28(37)18-36(23-7-5-6-22(31)15-23)41(39,40)24-11-9-21(30)10-12-24/h5-15,19,27H,4,16-18H2,1-3H3,(H,34,38). The topological polar surface area (TPSA) is 86.8 Å². The molecule has 0 fully saturated rings. The first kappa shape index (κ1) is 33.0. The maximum absolute atomic E-state index is 14.1. The second-order valence-electron chi connectivity index (χ2n) is 9.78. The zero-order valence-corrected chi connectivity index (χ0v) is 26.6. The van der Waals surface area contributed by atoms with Crippen LogP contribution in [0.1, 0.15) is 32.8 Å². The lowest BCUT2D eigenvalue weighted by atomic mass is 10.1. The summed E-state index contributed by atoms with van der Waals surface area (Å²) in [5.74, 6) is -0.747. The van der Waals surface area contributed by atoms with E-state index in [1.54, 1.807) is 43.3 Å². The Morgan fingerprint density at radius 2 is 1.56 bits per heavy atom. The Balaban J connectivity index is 2.06. The van der Waals surface area contributed by atoms with E-state index in [1.807, 2.05) is 13.8 Å². The molecular formula is C29H31Cl4N3O4S. The molecule has 12 heteroatoms. The van der Waals surface area contributed by atoms with Crippen LogP contribution in [0.15, 0.2) is 71.6 Å². The largest absolute Gasteiger partial charge is 0.354 e. The van der Waals surface area contributed by atoms with E-state index in [1.165, 1.54) is 35.2 Å². The number of carbonyl (C=O) groups excluding carboxylic acids is 2. The minimum atomic E-state index is -4.25. The second kappa shape index (κ2) is 14.6. The van der Waals surface area contributed by atoms with Crippen molar-refractivity contribution < 1.29 is 18.0 Å². The van der Waals surface area contributed by atoms with Gasteiger partial charge in [0.15, 0.2) is 0 Å². The van der Waals surface area contributed by atoms with Gasteiger partial charge in [0.2, 0.25) is 11.8 Å². The van der Waals surface area contributed by atoms with Gasteiger partial charge in [0, 0.05) is 23.1 Å². The highest BCUT2D eigenvalue weighted by atomic mass is 35.5. The van der Waals surface area contributed by atoms with Gasteiger partial charge in [0.1, 0.15) is 12.6 Å². The van der Waals surface area contributed by atoms with Gasteiger partial charge in [-0.3, -0.25) is 13.9 Å². The molecule has 220 valence electrons. The van der Waals surface area contributed by atoms with Crippen LogP contribution in [0.3, 0.4) is 0 Å². The zero-order valence-electron chi connectivity index (χ0n) is 22.8. The molecule has 1 unspecified atom stereocenters. The summed E-state index contributed by atoms with van der Waals surface area (Å²) in [5, 5.41) is 4.17. The van der Waals surface area contributed by atoms with Crippen LogP contribution in [0.5, 0.6) is 0 Å². The van der Waals surface area contributed by atoms with Crippen LogP contribution in [-0.2, 0) is 26.2 Å². The number of benzene rings is 3. The smallest absolute Gasteiger partial charge is 0.264 e. The van der Waals surface area contributed by atoms with Crippen molar-refractivity contribution in [2.45, 2.75) is 44.7 Å². The van der Waals surface area contributed by atoms with Crippen LogP contribution >= 0.6 is 46.4 Å². The van der Waals surface area contributed by atoms with Crippen molar-refractivity contribution in [3.8, 4) is 0 Å². The third kappa shape index (κ3) is 8.75. The Hall–Kier alpha value is -2.49. The van der Waals surface area contributed by atoms with E-state index in [0.29, 0.717) is 32.2 Å². The number of hydrogen-bond donors (Lipinski definition) is 1. The molecule has 3 rings (SSSR count). The van der Waals surface area contributed by atoms with Crippen molar-refractivity contribution in [1.29, 1.82) is 0 Å². The summed E-state index contributed by atoms with van der Waals surface area (Å²) in [6, 6.07) is 15.9. The fourth-order valence-corrected chi connectivity index (χ4v) is 6.11. The molecule has 0 saturated heterocycles. The number of sulfonamides is 1. The van der Waals surface area contributed by atoms with Gasteiger partial charge in [0.25, 0.3) is 10.0 Å². The molecule has 3 aromatic rings. The maximum atomic E-state index is 14.1. The highest BCUT2D eigenvalue weighted by Gasteiger charge is 2.34. The van der Waals surface area contributed by atoms with Gasteiger partial charge in [0.05, 0.1) is 20.6 Å². The predicted molar refractivity (Wildman–Crippen MR) is 166 cm³/mol. The van der Waals surface area contributed by atoms with Crippen LogP contribution in [0.4, 0.5) is 5.69 Å². The molecule has 0 aliphatic heterocycles.